The minimum atomic E-state index is 0.0243. The average Bonchev–Trinajstić information content (AvgIpc) is 2.97. The zero-order valence-electron chi connectivity index (χ0n) is 22.3. The van der Waals surface area contributed by atoms with Crippen LogP contribution in [0.1, 0.15) is 53.6 Å². The lowest BCUT2D eigenvalue weighted by Crippen LogP contribution is -2.46. The highest BCUT2D eigenvalue weighted by Crippen LogP contribution is 2.26. The Labute approximate surface area is 240 Å². The van der Waals surface area contributed by atoms with Crippen LogP contribution in [-0.4, -0.2) is 59.5 Å². The lowest BCUT2D eigenvalue weighted by molar-refractivity contribution is 0.0927. The first-order chi connectivity index (χ1) is 19.1. The minimum Gasteiger partial charge on any atom is -0.354 e. The van der Waals surface area contributed by atoms with Gasteiger partial charge in [0, 0.05) is 56.1 Å². The van der Waals surface area contributed by atoms with Gasteiger partial charge >= 0.3 is 0 Å². The number of rotatable bonds is 9. The van der Waals surface area contributed by atoms with Gasteiger partial charge in [0.1, 0.15) is 11.0 Å². The first-order valence-corrected chi connectivity index (χ1v) is 15.2. The van der Waals surface area contributed by atoms with Crippen LogP contribution >= 0.6 is 23.4 Å². The molecule has 1 aromatic heterocycles. The maximum atomic E-state index is 12.6. The van der Waals surface area contributed by atoms with Gasteiger partial charge in [0.05, 0.1) is 0 Å². The quantitative estimate of drug-likeness (QED) is 0.187. The summed E-state index contributed by atoms with van der Waals surface area (Å²) in [6, 6.07) is 20.4. The predicted molar refractivity (Wildman–Crippen MR) is 162 cm³/mol. The molecule has 204 valence electrons. The van der Waals surface area contributed by atoms with Crippen molar-refractivity contribution < 1.29 is 4.79 Å². The van der Waals surface area contributed by atoms with Gasteiger partial charge in [0.2, 0.25) is 0 Å². The van der Waals surface area contributed by atoms with Crippen LogP contribution in [0, 0.1) is 0 Å². The number of carbonyl (C=O) groups excluding carboxylic acids is 1. The van der Waals surface area contributed by atoms with Crippen molar-refractivity contribution in [2.45, 2.75) is 49.1 Å². The van der Waals surface area contributed by atoms with E-state index in [1.165, 1.54) is 24.8 Å². The molecule has 2 fully saturated rings. The summed E-state index contributed by atoms with van der Waals surface area (Å²) < 4.78 is 0. The Hall–Kier alpha value is -2.87. The monoisotopic (exact) mass is 561 g/mol. The van der Waals surface area contributed by atoms with Gasteiger partial charge in [-0.2, -0.15) is 0 Å². The Kier molecular flexibility index (Phi) is 9.92. The Balaban J connectivity index is 1.10. The summed E-state index contributed by atoms with van der Waals surface area (Å²) in [7, 11) is 0. The van der Waals surface area contributed by atoms with E-state index < -0.39 is 0 Å². The number of nitrogens with zero attached hydrogens (tertiary/aromatic N) is 4. The summed E-state index contributed by atoms with van der Waals surface area (Å²) >= 11 is 7.95. The van der Waals surface area contributed by atoms with Crippen LogP contribution in [0.2, 0.25) is 5.15 Å². The molecule has 1 amide bonds. The highest BCUT2D eigenvalue weighted by molar-refractivity contribution is 7.98. The Morgan fingerprint density at radius 1 is 0.974 bits per heavy atom. The number of aromatic nitrogens is 2. The van der Waals surface area contributed by atoms with Gasteiger partial charge in [-0.15, -0.1) is 0 Å². The van der Waals surface area contributed by atoms with Gasteiger partial charge in [-0.25, -0.2) is 9.97 Å². The smallest absolute Gasteiger partial charge is 0.251 e. The van der Waals surface area contributed by atoms with Crippen LogP contribution in [0.4, 0.5) is 5.82 Å². The van der Waals surface area contributed by atoms with Crippen molar-refractivity contribution in [2.75, 3.05) is 37.6 Å². The molecule has 0 radical (unpaired) electrons. The standard InChI is InChI=1S/C31H36ClN5OS/c32-28-22-29(37-20-18-36(19-21-37)17-7-10-24-8-3-1-4-9-24)35-31(34-28)39-23-25-13-15-26(16-14-25)30(38)33-27-11-5-2-6-12-27/h1,3-4,7-10,13-16,22,27H,2,5-6,11-12,17-21,23H2,(H,33,38)/b10-7+. The molecule has 1 aliphatic carbocycles. The van der Waals surface area contributed by atoms with Crippen molar-refractivity contribution in [1.82, 2.24) is 20.2 Å². The SMILES string of the molecule is O=C(NC1CCCCC1)c1ccc(CSc2nc(Cl)cc(N3CCN(C/C=C/c4ccccc4)CC3)n2)cc1. The molecule has 3 aromatic rings. The zero-order valence-corrected chi connectivity index (χ0v) is 23.8. The number of amides is 1. The minimum absolute atomic E-state index is 0.0243. The van der Waals surface area contributed by atoms with Crippen molar-refractivity contribution in [3.8, 4) is 0 Å². The fraction of sp³-hybridized carbons (Fsp3) is 0.387. The molecule has 1 aliphatic heterocycles. The van der Waals surface area contributed by atoms with Gasteiger partial charge in [0.25, 0.3) is 5.91 Å². The summed E-state index contributed by atoms with van der Waals surface area (Å²) in [6.45, 7) is 4.70. The molecule has 1 saturated carbocycles. The molecule has 0 unspecified atom stereocenters. The number of hydrogen-bond donors (Lipinski definition) is 1. The van der Waals surface area contributed by atoms with Crippen molar-refractivity contribution in [3.05, 3.63) is 88.6 Å². The van der Waals surface area contributed by atoms with Crippen LogP contribution in [0.15, 0.2) is 71.9 Å². The lowest BCUT2D eigenvalue weighted by Gasteiger charge is -2.35. The van der Waals surface area contributed by atoms with Crippen LogP contribution in [-0.2, 0) is 5.75 Å². The maximum absolute atomic E-state index is 12.6. The highest BCUT2D eigenvalue weighted by Gasteiger charge is 2.19. The van der Waals surface area contributed by atoms with E-state index in [2.05, 4.69) is 56.5 Å². The molecule has 1 saturated heterocycles. The maximum Gasteiger partial charge on any atom is 0.251 e. The van der Waals surface area contributed by atoms with Crippen molar-refractivity contribution >= 4 is 41.2 Å². The molecule has 2 aliphatic rings. The molecular formula is C31H36ClN5OS. The van der Waals surface area contributed by atoms with E-state index in [4.69, 9.17) is 16.6 Å². The highest BCUT2D eigenvalue weighted by atomic mass is 35.5. The first kappa shape index (κ1) is 27.7. The number of hydrogen-bond acceptors (Lipinski definition) is 6. The van der Waals surface area contributed by atoms with E-state index in [0.717, 1.165) is 56.9 Å². The van der Waals surface area contributed by atoms with Crippen molar-refractivity contribution in [3.63, 3.8) is 0 Å². The summed E-state index contributed by atoms with van der Waals surface area (Å²) in [6.07, 6.45) is 10.3. The number of halogens is 1. The summed E-state index contributed by atoms with van der Waals surface area (Å²) in [5.41, 5.74) is 3.06. The molecule has 5 rings (SSSR count). The third kappa shape index (κ3) is 8.31. The predicted octanol–water partition coefficient (Wildman–Crippen LogP) is 6.32. The van der Waals surface area contributed by atoms with Crippen LogP contribution in [0.25, 0.3) is 6.08 Å². The number of benzene rings is 2. The third-order valence-corrected chi connectivity index (χ3v) is 8.47. The number of thioether (sulfide) groups is 1. The molecular weight excluding hydrogens is 526 g/mol. The molecule has 6 nitrogen and oxygen atoms in total. The molecule has 0 atom stereocenters. The number of carbonyl (C=O) groups is 1. The fourth-order valence-electron chi connectivity index (χ4n) is 5.09. The topological polar surface area (TPSA) is 61.4 Å². The Bertz CT molecular complexity index is 1240. The van der Waals surface area contributed by atoms with Gasteiger partial charge in [0.15, 0.2) is 5.16 Å². The number of nitrogens with one attached hydrogen (secondary N) is 1. The van der Waals surface area contributed by atoms with E-state index in [9.17, 15) is 4.79 Å². The molecule has 0 bridgehead atoms. The summed E-state index contributed by atoms with van der Waals surface area (Å²) in [4.78, 5) is 26.6. The average molecular weight is 562 g/mol. The third-order valence-electron chi connectivity index (χ3n) is 7.36. The van der Waals surface area contributed by atoms with Gasteiger partial charge in [-0.1, -0.05) is 97.2 Å². The summed E-state index contributed by atoms with van der Waals surface area (Å²) in [5.74, 6) is 1.62. The molecule has 1 N–H and O–H groups in total. The van der Waals surface area contributed by atoms with E-state index in [1.54, 1.807) is 11.8 Å². The molecule has 2 heterocycles. The van der Waals surface area contributed by atoms with Crippen LogP contribution in [0.3, 0.4) is 0 Å². The van der Waals surface area contributed by atoms with Gasteiger partial charge in [-0.05, 0) is 36.1 Å². The molecule has 8 heteroatoms. The van der Waals surface area contributed by atoms with Crippen molar-refractivity contribution in [2.24, 2.45) is 0 Å². The lowest BCUT2D eigenvalue weighted by atomic mass is 9.95. The van der Waals surface area contributed by atoms with E-state index >= 15 is 0 Å². The van der Waals surface area contributed by atoms with E-state index in [0.29, 0.717) is 27.7 Å². The summed E-state index contributed by atoms with van der Waals surface area (Å²) in [5, 5.41) is 4.32. The number of piperazine rings is 1. The molecule has 2 aromatic carbocycles. The molecule has 39 heavy (non-hydrogen) atoms. The largest absolute Gasteiger partial charge is 0.354 e. The van der Waals surface area contributed by atoms with E-state index in [-0.39, 0.29) is 5.91 Å². The second kappa shape index (κ2) is 14.0. The second-order valence-electron chi connectivity index (χ2n) is 10.2. The van der Waals surface area contributed by atoms with Crippen LogP contribution < -0.4 is 10.2 Å². The van der Waals surface area contributed by atoms with Crippen molar-refractivity contribution in [1.29, 1.82) is 0 Å². The first-order valence-electron chi connectivity index (χ1n) is 13.9. The van der Waals surface area contributed by atoms with Gasteiger partial charge < -0.3 is 10.2 Å². The number of anilines is 1. The Morgan fingerprint density at radius 3 is 2.46 bits per heavy atom. The molecule has 0 spiro atoms. The fourth-order valence-corrected chi connectivity index (χ4v) is 6.13. The zero-order chi connectivity index (χ0) is 26.9. The normalized spacial score (nSPS) is 17.0. The van der Waals surface area contributed by atoms with Crippen LogP contribution in [0.5, 0.6) is 0 Å². The second-order valence-corrected chi connectivity index (χ2v) is 11.6. The van der Waals surface area contributed by atoms with E-state index in [1.807, 2.05) is 36.4 Å². The van der Waals surface area contributed by atoms with Gasteiger partial charge in [-0.3, -0.25) is 9.69 Å². The Morgan fingerprint density at radius 2 is 1.72 bits per heavy atom.